The summed E-state index contributed by atoms with van der Waals surface area (Å²) < 4.78 is 14.0. The van der Waals surface area contributed by atoms with E-state index >= 15 is 0 Å². The third kappa shape index (κ3) is 4.24. The molecule has 24 heavy (non-hydrogen) atoms. The van der Waals surface area contributed by atoms with Crippen LogP contribution in [0.15, 0.2) is 54.6 Å². The molecule has 0 N–H and O–H groups in total. The van der Waals surface area contributed by atoms with Gasteiger partial charge in [0.05, 0.1) is 0 Å². The second-order valence-corrected chi connectivity index (χ2v) is 7.16. The first-order valence-corrected chi connectivity index (χ1v) is 9.13. The molecule has 0 spiro atoms. The van der Waals surface area contributed by atoms with Crippen molar-refractivity contribution in [3.05, 3.63) is 71.3 Å². The number of hydrogen-bond acceptors (Lipinski definition) is 1. The Bertz CT molecular complexity index is 631. The Morgan fingerprint density at radius 2 is 1.67 bits per heavy atom. The lowest BCUT2D eigenvalue weighted by molar-refractivity contribution is 0.216. The minimum atomic E-state index is -1.01. The van der Waals surface area contributed by atoms with Gasteiger partial charge >= 0.3 is 0 Å². The Balaban J connectivity index is 1.53. The van der Waals surface area contributed by atoms with Crippen molar-refractivity contribution in [3.8, 4) is 0 Å². The molecule has 128 valence electrons. The van der Waals surface area contributed by atoms with Crippen LogP contribution in [0.25, 0.3) is 0 Å². The van der Waals surface area contributed by atoms with Crippen LogP contribution in [0.5, 0.6) is 0 Å². The SMILES string of the molecule is CCC(CCc1ccc(C2(F)CC2)cc1)N(C)Cc1ccccc1. The Hall–Kier alpha value is -1.67. The van der Waals surface area contributed by atoms with E-state index in [2.05, 4.69) is 61.3 Å². The summed E-state index contributed by atoms with van der Waals surface area (Å²) in [6.45, 7) is 3.25. The minimum Gasteiger partial charge on any atom is -0.299 e. The first-order valence-electron chi connectivity index (χ1n) is 9.13. The molecule has 1 saturated carbocycles. The molecule has 0 heterocycles. The van der Waals surface area contributed by atoms with Crippen LogP contribution in [0.4, 0.5) is 4.39 Å². The van der Waals surface area contributed by atoms with Gasteiger partial charge in [-0.15, -0.1) is 0 Å². The fourth-order valence-electron chi connectivity index (χ4n) is 3.44. The smallest absolute Gasteiger partial charge is 0.136 e. The lowest BCUT2D eigenvalue weighted by atomic mass is 9.99. The van der Waals surface area contributed by atoms with Gasteiger partial charge in [0.2, 0.25) is 0 Å². The van der Waals surface area contributed by atoms with Crippen LogP contribution >= 0.6 is 0 Å². The van der Waals surface area contributed by atoms with Gasteiger partial charge in [0, 0.05) is 12.6 Å². The Labute approximate surface area is 145 Å². The molecule has 2 aromatic rings. The molecule has 1 aliphatic rings. The second-order valence-electron chi connectivity index (χ2n) is 7.16. The Morgan fingerprint density at radius 3 is 2.25 bits per heavy atom. The molecule has 1 atom stereocenters. The molecule has 0 radical (unpaired) electrons. The molecular formula is C22H28FN. The van der Waals surface area contributed by atoms with Crippen molar-refractivity contribution in [3.63, 3.8) is 0 Å². The summed E-state index contributed by atoms with van der Waals surface area (Å²) in [5, 5.41) is 0. The quantitative estimate of drug-likeness (QED) is 0.620. The van der Waals surface area contributed by atoms with Crippen LogP contribution in [0, 0.1) is 0 Å². The maximum Gasteiger partial charge on any atom is 0.136 e. The van der Waals surface area contributed by atoms with Crippen molar-refractivity contribution in [2.24, 2.45) is 0 Å². The van der Waals surface area contributed by atoms with Crippen molar-refractivity contribution in [1.82, 2.24) is 4.90 Å². The topological polar surface area (TPSA) is 3.24 Å². The van der Waals surface area contributed by atoms with Crippen molar-refractivity contribution < 1.29 is 4.39 Å². The molecule has 0 aliphatic heterocycles. The zero-order chi connectivity index (χ0) is 17.0. The van der Waals surface area contributed by atoms with Gasteiger partial charge in [-0.25, -0.2) is 4.39 Å². The minimum absolute atomic E-state index is 0.570. The zero-order valence-electron chi connectivity index (χ0n) is 14.8. The van der Waals surface area contributed by atoms with E-state index in [-0.39, 0.29) is 0 Å². The van der Waals surface area contributed by atoms with E-state index in [1.54, 1.807) is 0 Å². The molecule has 2 aromatic carbocycles. The average molecular weight is 325 g/mol. The van der Waals surface area contributed by atoms with Crippen molar-refractivity contribution in [2.45, 2.75) is 57.3 Å². The first kappa shape index (κ1) is 17.2. The van der Waals surface area contributed by atoms with Crippen LogP contribution in [0.3, 0.4) is 0 Å². The number of hydrogen-bond donors (Lipinski definition) is 0. The number of aryl methyl sites for hydroxylation is 1. The molecule has 1 aliphatic carbocycles. The van der Waals surface area contributed by atoms with Crippen molar-refractivity contribution >= 4 is 0 Å². The predicted octanol–water partition coefficient (Wildman–Crippen LogP) is 5.49. The number of halogens is 1. The highest BCUT2D eigenvalue weighted by molar-refractivity contribution is 5.31. The van der Waals surface area contributed by atoms with Gasteiger partial charge < -0.3 is 0 Å². The molecule has 0 aromatic heterocycles. The Kier molecular flexibility index (Phi) is 5.35. The summed E-state index contributed by atoms with van der Waals surface area (Å²) in [5.41, 5.74) is 2.52. The summed E-state index contributed by atoms with van der Waals surface area (Å²) in [4.78, 5) is 2.45. The monoisotopic (exact) mass is 325 g/mol. The molecule has 1 unspecified atom stereocenters. The van der Waals surface area contributed by atoms with Gasteiger partial charge in [-0.05, 0) is 55.8 Å². The summed E-state index contributed by atoms with van der Waals surface area (Å²) >= 11 is 0. The summed E-state index contributed by atoms with van der Waals surface area (Å²) in [6, 6.07) is 19.4. The molecule has 3 rings (SSSR count). The normalized spacial score (nSPS) is 17.0. The predicted molar refractivity (Wildman–Crippen MR) is 98.8 cm³/mol. The highest BCUT2D eigenvalue weighted by Crippen LogP contribution is 2.49. The molecule has 1 fully saturated rings. The zero-order valence-corrected chi connectivity index (χ0v) is 14.8. The van der Waals surface area contributed by atoms with Crippen LogP contribution in [-0.2, 0) is 18.6 Å². The van der Waals surface area contributed by atoms with E-state index in [0.717, 1.165) is 31.4 Å². The maximum atomic E-state index is 14.0. The van der Waals surface area contributed by atoms with E-state index in [9.17, 15) is 4.39 Å². The largest absolute Gasteiger partial charge is 0.299 e. The van der Waals surface area contributed by atoms with Gasteiger partial charge in [-0.1, -0.05) is 61.5 Å². The van der Waals surface area contributed by atoms with Gasteiger partial charge in [-0.3, -0.25) is 4.90 Å². The third-order valence-corrected chi connectivity index (χ3v) is 5.30. The van der Waals surface area contributed by atoms with E-state index in [0.29, 0.717) is 18.9 Å². The van der Waals surface area contributed by atoms with E-state index in [4.69, 9.17) is 0 Å². The second kappa shape index (κ2) is 7.48. The number of benzene rings is 2. The standard InChI is InChI=1S/C22H28FN/c1-3-21(24(2)17-19-7-5-4-6-8-19)14-11-18-9-12-20(13-10-18)22(23)15-16-22/h4-10,12-13,21H,3,11,14-17H2,1-2H3. The van der Waals surface area contributed by atoms with Crippen LogP contribution in [-0.4, -0.2) is 18.0 Å². The van der Waals surface area contributed by atoms with E-state index in [1.165, 1.54) is 11.1 Å². The third-order valence-electron chi connectivity index (χ3n) is 5.30. The van der Waals surface area contributed by atoms with Gasteiger partial charge in [0.15, 0.2) is 0 Å². The average Bonchev–Trinajstić information content (AvgIpc) is 3.36. The molecule has 0 bridgehead atoms. The highest BCUT2D eigenvalue weighted by atomic mass is 19.1. The van der Waals surface area contributed by atoms with Gasteiger partial charge in [-0.2, -0.15) is 0 Å². The lowest BCUT2D eigenvalue weighted by Gasteiger charge is -2.27. The molecule has 1 nitrogen and oxygen atoms in total. The molecular weight excluding hydrogens is 297 g/mol. The van der Waals surface area contributed by atoms with E-state index < -0.39 is 5.67 Å². The molecule has 2 heteroatoms. The summed E-state index contributed by atoms with van der Waals surface area (Å²) in [7, 11) is 2.21. The first-order chi connectivity index (χ1) is 11.6. The highest BCUT2D eigenvalue weighted by Gasteiger charge is 2.44. The fourth-order valence-corrected chi connectivity index (χ4v) is 3.44. The van der Waals surface area contributed by atoms with Crippen LogP contribution in [0.1, 0.15) is 49.3 Å². The van der Waals surface area contributed by atoms with Crippen LogP contribution < -0.4 is 0 Å². The maximum absolute atomic E-state index is 14.0. The van der Waals surface area contributed by atoms with E-state index in [1.807, 2.05) is 12.1 Å². The van der Waals surface area contributed by atoms with Crippen LogP contribution in [0.2, 0.25) is 0 Å². The van der Waals surface area contributed by atoms with Crippen molar-refractivity contribution in [2.75, 3.05) is 7.05 Å². The fraction of sp³-hybridized carbons (Fsp3) is 0.455. The lowest BCUT2D eigenvalue weighted by Crippen LogP contribution is -2.31. The number of rotatable bonds is 8. The Morgan fingerprint density at radius 1 is 1.00 bits per heavy atom. The van der Waals surface area contributed by atoms with Crippen molar-refractivity contribution in [1.29, 1.82) is 0 Å². The molecule has 0 amide bonds. The molecule has 0 saturated heterocycles. The summed E-state index contributed by atoms with van der Waals surface area (Å²) in [5.74, 6) is 0. The van der Waals surface area contributed by atoms with Gasteiger partial charge in [0.1, 0.15) is 5.67 Å². The number of nitrogens with zero attached hydrogens (tertiary/aromatic N) is 1. The number of alkyl halides is 1. The van der Waals surface area contributed by atoms with Gasteiger partial charge in [0.25, 0.3) is 0 Å². The summed E-state index contributed by atoms with van der Waals surface area (Å²) in [6.07, 6.45) is 4.72.